The summed E-state index contributed by atoms with van der Waals surface area (Å²) in [6.07, 6.45) is 1.25. The highest BCUT2D eigenvalue weighted by atomic mass is 79.9. The summed E-state index contributed by atoms with van der Waals surface area (Å²) >= 11 is 2.99. The maximum absolute atomic E-state index is 12.8. The van der Waals surface area contributed by atoms with E-state index in [0.717, 1.165) is 0 Å². The van der Waals surface area contributed by atoms with Crippen LogP contribution in [0, 0.1) is 5.82 Å². The highest BCUT2D eigenvalue weighted by Crippen LogP contribution is 2.15. The molecule has 0 saturated carbocycles. The SMILES string of the molecule is NC(=O)C(=O)NN=Cc1ccc(F)c(Br)c1. The molecule has 0 aromatic heterocycles. The zero-order valence-electron chi connectivity index (χ0n) is 7.91. The molecule has 0 bridgehead atoms. The van der Waals surface area contributed by atoms with Gasteiger partial charge in [0.1, 0.15) is 5.82 Å². The van der Waals surface area contributed by atoms with Crippen molar-refractivity contribution in [2.75, 3.05) is 0 Å². The summed E-state index contributed by atoms with van der Waals surface area (Å²) in [5.41, 5.74) is 7.14. The highest BCUT2D eigenvalue weighted by molar-refractivity contribution is 9.10. The van der Waals surface area contributed by atoms with E-state index in [-0.39, 0.29) is 4.47 Å². The topological polar surface area (TPSA) is 84.5 Å². The summed E-state index contributed by atoms with van der Waals surface area (Å²) in [5, 5.41) is 3.46. The van der Waals surface area contributed by atoms with Gasteiger partial charge in [0.2, 0.25) is 0 Å². The summed E-state index contributed by atoms with van der Waals surface area (Å²) in [7, 11) is 0. The van der Waals surface area contributed by atoms with E-state index in [1.807, 2.05) is 5.43 Å². The number of nitrogens with one attached hydrogen (secondary N) is 1. The van der Waals surface area contributed by atoms with Gasteiger partial charge < -0.3 is 5.73 Å². The monoisotopic (exact) mass is 287 g/mol. The van der Waals surface area contributed by atoms with E-state index in [2.05, 4.69) is 26.8 Å². The minimum atomic E-state index is -1.13. The molecule has 0 aliphatic rings. The fourth-order valence-corrected chi connectivity index (χ4v) is 1.21. The number of rotatable bonds is 2. The fourth-order valence-electron chi connectivity index (χ4n) is 0.813. The van der Waals surface area contributed by atoms with E-state index in [1.54, 1.807) is 0 Å². The zero-order chi connectivity index (χ0) is 12.1. The summed E-state index contributed by atoms with van der Waals surface area (Å²) in [6.45, 7) is 0. The maximum atomic E-state index is 12.8. The van der Waals surface area contributed by atoms with Crippen LogP contribution in [0.15, 0.2) is 27.8 Å². The van der Waals surface area contributed by atoms with E-state index >= 15 is 0 Å². The number of halogens is 2. The largest absolute Gasteiger partial charge is 0.361 e. The average Bonchev–Trinajstić information content (AvgIpc) is 2.23. The van der Waals surface area contributed by atoms with Crippen LogP contribution >= 0.6 is 15.9 Å². The fraction of sp³-hybridized carbons (Fsp3) is 0. The first kappa shape index (κ1) is 12.3. The van der Waals surface area contributed by atoms with Crippen LogP contribution < -0.4 is 11.2 Å². The van der Waals surface area contributed by atoms with E-state index in [4.69, 9.17) is 0 Å². The molecule has 7 heteroatoms. The Morgan fingerprint density at radius 2 is 2.19 bits per heavy atom. The summed E-state index contributed by atoms with van der Waals surface area (Å²) in [6, 6.07) is 4.16. The Balaban J connectivity index is 2.66. The van der Waals surface area contributed by atoms with Gasteiger partial charge in [-0.3, -0.25) is 9.59 Å². The third-order valence-corrected chi connectivity index (χ3v) is 2.15. The van der Waals surface area contributed by atoms with Crippen molar-refractivity contribution in [3.63, 3.8) is 0 Å². The van der Waals surface area contributed by atoms with Crippen molar-refractivity contribution in [2.24, 2.45) is 10.8 Å². The predicted molar refractivity (Wildman–Crippen MR) is 59.0 cm³/mol. The number of primary amides is 1. The van der Waals surface area contributed by atoms with Gasteiger partial charge in [0.15, 0.2) is 0 Å². The number of nitrogens with zero attached hydrogens (tertiary/aromatic N) is 1. The summed E-state index contributed by atoms with van der Waals surface area (Å²) in [4.78, 5) is 21.0. The van der Waals surface area contributed by atoms with Crippen molar-refractivity contribution in [3.05, 3.63) is 34.1 Å². The molecule has 16 heavy (non-hydrogen) atoms. The van der Waals surface area contributed by atoms with E-state index in [1.165, 1.54) is 24.4 Å². The van der Waals surface area contributed by atoms with Crippen molar-refractivity contribution >= 4 is 34.0 Å². The first-order chi connectivity index (χ1) is 7.50. The van der Waals surface area contributed by atoms with Gasteiger partial charge in [0.05, 0.1) is 10.7 Å². The molecule has 5 nitrogen and oxygen atoms in total. The number of nitrogens with two attached hydrogens (primary N) is 1. The molecule has 0 aliphatic heterocycles. The Bertz CT molecular complexity index is 462. The van der Waals surface area contributed by atoms with Crippen LogP contribution in [0.2, 0.25) is 0 Å². The molecule has 0 heterocycles. The lowest BCUT2D eigenvalue weighted by atomic mass is 10.2. The number of hydrazone groups is 1. The molecule has 3 N–H and O–H groups in total. The number of amides is 2. The van der Waals surface area contributed by atoms with Crippen molar-refractivity contribution in [3.8, 4) is 0 Å². The molecule has 0 aliphatic carbocycles. The molecular formula is C9H7BrFN3O2. The quantitative estimate of drug-likeness (QED) is 0.472. The minimum absolute atomic E-state index is 0.276. The van der Waals surface area contributed by atoms with Crippen LogP contribution in [0.1, 0.15) is 5.56 Å². The first-order valence-corrected chi connectivity index (χ1v) is 4.88. The molecule has 2 amide bonds. The van der Waals surface area contributed by atoms with Crippen LogP contribution in [-0.2, 0) is 9.59 Å². The Kier molecular flexibility index (Phi) is 4.12. The van der Waals surface area contributed by atoms with Gasteiger partial charge >= 0.3 is 11.8 Å². The Morgan fingerprint density at radius 3 is 2.75 bits per heavy atom. The lowest BCUT2D eigenvalue weighted by molar-refractivity contribution is -0.137. The first-order valence-electron chi connectivity index (χ1n) is 4.08. The molecule has 0 unspecified atom stereocenters. The number of benzene rings is 1. The normalized spacial score (nSPS) is 10.4. The summed E-state index contributed by atoms with van der Waals surface area (Å²) < 4.78 is 13.1. The van der Waals surface area contributed by atoms with Crippen LogP contribution in [0.25, 0.3) is 0 Å². The van der Waals surface area contributed by atoms with Crippen molar-refractivity contribution < 1.29 is 14.0 Å². The van der Waals surface area contributed by atoms with Crippen molar-refractivity contribution in [1.29, 1.82) is 0 Å². The van der Waals surface area contributed by atoms with Gasteiger partial charge in [0, 0.05) is 0 Å². The van der Waals surface area contributed by atoms with Crippen molar-refractivity contribution in [2.45, 2.75) is 0 Å². The number of hydrogen-bond donors (Lipinski definition) is 2. The minimum Gasteiger partial charge on any atom is -0.361 e. The molecule has 0 radical (unpaired) electrons. The van der Waals surface area contributed by atoms with Gasteiger partial charge in [-0.2, -0.15) is 5.10 Å². The van der Waals surface area contributed by atoms with Gasteiger partial charge in [-0.15, -0.1) is 0 Å². The molecule has 0 spiro atoms. The number of carbonyl (C=O) groups is 2. The Hall–Kier alpha value is -1.76. The standard InChI is InChI=1S/C9H7BrFN3O2/c10-6-3-5(1-2-7(6)11)4-13-14-9(16)8(12)15/h1-4H,(H2,12,15)(H,14,16). The van der Waals surface area contributed by atoms with Gasteiger partial charge in [-0.1, -0.05) is 6.07 Å². The third kappa shape index (κ3) is 3.43. The molecule has 0 saturated heterocycles. The molecule has 1 aromatic rings. The van der Waals surface area contributed by atoms with Crippen molar-refractivity contribution in [1.82, 2.24) is 5.43 Å². The second-order valence-electron chi connectivity index (χ2n) is 2.74. The third-order valence-electron chi connectivity index (χ3n) is 1.55. The van der Waals surface area contributed by atoms with Gasteiger partial charge in [-0.25, -0.2) is 9.82 Å². The molecule has 0 atom stereocenters. The lowest BCUT2D eigenvalue weighted by Crippen LogP contribution is -2.32. The highest BCUT2D eigenvalue weighted by Gasteiger charge is 2.05. The zero-order valence-corrected chi connectivity index (χ0v) is 9.49. The number of hydrogen-bond acceptors (Lipinski definition) is 3. The molecule has 1 rings (SSSR count). The van der Waals surface area contributed by atoms with E-state index in [9.17, 15) is 14.0 Å². The van der Waals surface area contributed by atoms with Crippen LogP contribution in [0.4, 0.5) is 4.39 Å². The number of carbonyl (C=O) groups excluding carboxylic acids is 2. The van der Waals surface area contributed by atoms with Crippen LogP contribution in [0.5, 0.6) is 0 Å². The van der Waals surface area contributed by atoms with Gasteiger partial charge in [-0.05, 0) is 33.6 Å². The predicted octanol–water partition coefficient (Wildman–Crippen LogP) is 0.524. The Labute approximate surface area is 98.6 Å². The maximum Gasteiger partial charge on any atom is 0.329 e. The second kappa shape index (κ2) is 5.36. The molecule has 0 fully saturated rings. The van der Waals surface area contributed by atoms with Crippen LogP contribution in [0.3, 0.4) is 0 Å². The smallest absolute Gasteiger partial charge is 0.329 e. The van der Waals surface area contributed by atoms with E-state index in [0.29, 0.717) is 5.56 Å². The van der Waals surface area contributed by atoms with Crippen LogP contribution in [-0.4, -0.2) is 18.0 Å². The molecular weight excluding hydrogens is 281 g/mol. The summed E-state index contributed by atoms with van der Waals surface area (Å²) in [5.74, 6) is -2.55. The lowest BCUT2D eigenvalue weighted by Gasteiger charge is -1.96. The Morgan fingerprint density at radius 1 is 1.50 bits per heavy atom. The molecule has 84 valence electrons. The van der Waals surface area contributed by atoms with E-state index < -0.39 is 17.6 Å². The molecule has 1 aromatic carbocycles. The van der Waals surface area contributed by atoms with Gasteiger partial charge in [0.25, 0.3) is 0 Å². The second-order valence-corrected chi connectivity index (χ2v) is 3.59. The average molecular weight is 288 g/mol.